The number of carboxylic acids is 1. The Balaban J connectivity index is 2.43. The number of rotatable bonds is 3. The molecule has 0 radical (unpaired) electrons. The number of carboxylic acid groups (broad SMARTS) is 1. The number of halogens is 4. The van der Waals surface area contributed by atoms with E-state index in [1.54, 1.807) is 0 Å². The van der Waals surface area contributed by atoms with Crippen molar-refractivity contribution in [3.63, 3.8) is 0 Å². The van der Waals surface area contributed by atoms with Gasteiger partial charge >= 0.3 is 12.1 Å². The van der Waals surface area contributed by atoms with E-state index in [2.05, 4.69) is 9.97 Å². The fraction of sp³-hybridized carbons (Fsp3) is 0.154. The zero-order chi connectivity index (χ0) is 15.6. The molecule has 0 saturated heterocycles. The van der Waals surface area contributed by atoms with Gasteiger partial charge in [0.05, 0.1) is 0 Å². The van der Waals surface area contributed by atoms with Crippen molar-refractivity contribution in [3.05, 3.63) is 58.9 Å². The van der Waals surface area contributed by atoms with Crippen LogP contribution in [0.5, 0.6) is 0 Å². The predicted octanol–water partition coefficient (Wildman–Crippen LogP) is 2.92. The predicted molar refractivity (Wildman–Crippen MR) is 63.2 cm³/mol. The Bertz CT molecular complexity index is 686. The minimum absolute atomic E-state index is 0.119. The molecule has 0 aliphatic carbocycles. The van der Waals surface area contributed by atoms with Gasteiger partial charge in [0, 0.05) is 12.6 Å². The average Bonchev–Trinajstić information content (AvgIpc) is 2.40. The lowest BCUT2D eigenvalue weighted by molar-refractivity contribution is -0.141. The third-order valence-corrected chi connectivity index (χ3v) is 2.64. The van der Waals surface area contributed by atoms with Crippen molar-refractivity contribution in [3.8, 4) is 0 Å². The summed E-state index contributed by atoms with van der Waals surface area (Å²) in [4.78, 5) is 17.5. The van der Waals surface area contributed by atoms with Gasteiger partial charge in [-0.15, -0.1) is 0 Å². The molecule has 0 saturated carbocycles. The molecule has 0 amide bonds. The molecule has 1 aromatic carbocycles. The Kier molecular flexibility index (Phi) is 3.88. The summed E-state index contributed by atoms with van der Waals surface area (Å²) in [5.74, 6) is -2.69. The van der Waals surface area contributed by atoms with Crippen molar-refractivity contribution in [2.45, 2.75) is 12.6 Å². The molecule has 0 fully saturated rings. The highest BCUT2D eigenvalue weighted by Gasteiger charge is 2.38. The van der Waals surface area contributed by atoms with E-state index in [9.17, 15) is 22.4 Å². The fourth-order valence-corrected chi connectivity index (χ4v) is 1.69. The second kappa shape index (κ2) is 5.47. The lowest BCUT2D eigenvalue weighted by Gasteiger charge is -2.10. The summed E-state index contributed by atoms with van der Waals surface area (Å²) >= 11 is 0. The van der Waals surface area contributed by atoms with Gasteiger partial charge in [0.25, 0.3) is 0 Å². The number of alkyl halides is 3. The highest BCUT2D eigenvalue weighted by Crippen LogP contribution is 2.30. The van der Waals surface area contributed by atoms with Crippen LogP contribution in [0.1, 0.15) is 27.4 Å². The third kappa shape index (κ3) is 3.33. The lowest BCUT2D eigenvalue weighted by atomic mass is 10.1. The number of nitrogens with zero attached hydrogens (tertiary/aromatic N) is 2. The largest absolute Gasteiger partial charge is 0.478 e. The van der Waals surface area contributed by atoms with Crippen LogP contribution in [0.25, 0.3) is 0 Å². The minimum atomic E-state index is -4.93. The van der Waals surface area contributed by atoms with Gasteiger partial charge in [-0.05, 0) is 11.6 Å². The summed E-state index contributed by atoms with van der Waals surface area (Å²) in [5.41, 5.74) is -2.47. The zero-order valence-electron chi connectivity index (χ0n) is 10.4. The van der Waals surface area contributed by atoms with Crippen LogP contribution >= 0.6 is 0 Å². The zero-order valence-corrected chi connectivity index (χ0v) is 10.4. The van der Waals surface area contributed by atoms with Crippen LogP contribution in [0.15, 0.2) is 30.5 Å². The standard InChI is InChI=1S/C13H8F4N2O2/c14-9-4-2-1-3-7(9)5-10-18-6-8(12(20)21)11(19-10)13(15,16)17/h1-4,6H,5H2,(H,20,21). The highest BCUT2D eigenvalue weighted by atomic mass is 19.4. The van der Waals surface area contributed by atoms with E-state index >= 15 is 0 Å². The van der Waals surface area contributed by atoms with E-state index in [4.69, 9.17) is 5.11 Å². The van der Waals surface area contributed by atoms with Crippen molar-refractivity contribution in [2.24, 2.45) is 0 Å². The summed E-state index contributed by atoms with van der Waals surface area (Å²) in [5, 5.41) is 8.71. The monoisotopic (exact) mass is 300 g/mol. The fourth-order valence-electron chi connectivity index (χ4n) is 1.69. The number of aromatic carboxylic acids is 1. The van der Waals surface area contributed by atoms with Crippen LogP contribution < -0.4 is 0 Å². The van der Waals surface area contributed by atoms with Crippen LogP contribution in [-0.2, 0) is 12.6 Å². The van der Waals surface area contributed by atoms with Gasteiger partial charge in [0.2, 0.25) is 0 Å². The maximum absolute atomic E-state index is 13.4. The Hall–Kier alpha value is -2.51. The maximum Gasteiger partial charge on any atom is 0.434 e. The molecular weight excluding hydrogens is 292 g/mol. The number of carbonyl (C=O) groups is 1. The SMILES string of the molecule is O=C(O)c1cnc(Cc2ccccc2F)nc1C(F)(F)F. The van der Waals surface area contributed by atoms with E-state index in [0.717, 1.165) is 6.07 Å². The third-order valence-electron chi connectivity index (χ3n) is 2.64. The molecule has 0 aliphatic heterocycles. The molecule has 0 spiro atoms. The van der Waals surface area contributed by atoms with E-state index < -0.39 is 29.2 Å². The molecule has 1 heterocycles. The van der Waals surface area contributed by atoms with Gasteiger partial charge in [-0.2, -0.15) is 13.2 Å². The molecule has 8 heteroatoms. The Labute approximate surface area is 116 Å². The first-order valence-corrected chi connectivity index (χ1v) is 5.69. The van der Waals surface area contributed by atoms with Gasteiger partial charge in [-0.1, -0.05) is 18.2 Å². The van der Waals surface area contributed by atoms with Crippen molar-refractivity contribution in [2.75, 3.05) is 0 Å². The molecule has 2 rings (SSSR count). The quantitative estimate of drug-likeness (QED) is 0.885. The first-order valence-electron chi connectivity index (χ1n) is 5.69. The summed E-state index contributed by atoms with van der Waals surface area (Å²) in [6, 6.07) is 5.51. The molecular formula is C13H8F4N2O2. The minimum Gasteiger partial charge on any atom is -0.478 e. The molecule has 21 heavy (non-hydrogen) atoms. The molecule has 0 aliphatic rings. The normalized spacial score (nSPS) is 11.4. The smallest absolute Gasteiger partial charge is 0.434 e. The first-order chi connectivity index (χ1) is 9.79. The summed E-state index contributed by atoms with van der Waals surface area (Å²) in [7, 11) is 0. The molecule has 110 valence electrons. The van der Waals surface area contributed by atoms with Crippen molar-refractivity contribution in [1.29, 1.82) is 0 Å². The molecule has 1 aromatic heterocycles. The molecule has 0 unspecified atom stereocenters. The Morgan fingerprint density at radius 2 is 1.90 bits per heavy atom. The van der Waals surface area contributed by atoms with E-state index in [1.165, 1.54) is 18.2 Å². The second-order valence-electron chi connectivity index (χ2n) is 4.12. The number of aromatic nitrogens is 2. The van der Waals surface area contributed by atoms with Gasteiger partial charge in [0.1, 0.15) is 17.2 Å². The van der Waals surface area contributed by atoms with Gasteiger partial charge in [0.15, 0.2) is 5.69 Å². The summed E-state index contributed by atoms with van der Waals surface area (Å²) < 4.78 is 51.8. The van der Waals surface area contributed by atoms with E-state index in [0.29, 0.717) is 6.20 Å². The average molecular weight is 300 g/mol. The van der Waals surface area contributed by atoms with Gasteiger partial charge < -0.3 is 5.11 Å². The molecule has 2 aromatic rings. The van der Waals surface area contributed by atoms with Crippen LogP contribution in [0.4, 0.5) is 17.6 Å². The summed E-state index contributed by atoms with van der Waals surface area (Å²) in [6.45, 7) is 0. The molecule has 1 N–H and O–H groups in total. The Morgan fingerprint density at radius 3 is 2.48 bits per heavy atom. The van der Waals surface area contributed by atoms with Crippen LogP contribution in [-0.4, -0.2) is 21.0 Å². The van der Waals surface area contributed by atoms with E-state index in [1.807, 2.05) is 0 Å². The first kappa shape index (κ1) is 14.9. The van der Waals surface area contributed by atoms with Gasteiger partial charge in [-0.25, -0.2) is 19.2 Å². The number of benzene rings is 1. The van der Waals surface area contributed by atoms with Crippen LogP contribution in [0.3, 0.4) is 0 Å². The number of hydrogen-bond acceptors (Lipinski definition) is 3. The van der Waals surface area contributed by atoms with Crippen molar-refractivity contribution >= 4 is 5.97 Å². The van der Waals surface area contributed by atoms with Gasteiger partial charge in [-0.3, -0.25) is 0 Å². The molecule has 0 bridgehead atoms. The summed E-state index contributed by atoms with van der Waals surface area (Å²) in [6.07, 6.45) is -4.62. The van der Waals surface area contributed by atoms with Crippen LogP contribution in [0.2, 0.25) is 0 Å². The van der Waals surface area contributed by atoms with Crippen LogP contribution in [0, 0.1) is 5.82 Å². The second-order valence-corrected chi connectivity index (χ2v) is 4.12. The molecule has 0 atom stereocenters. The number of hydrogen-bond donors (Lipinski definition) is 1. The highest BCUT2D eigenvalue weighted by molar-refractivity contribution is 5.88. The Morgan fingerprint density at radius 1 is 1.24 bits per heavy atom. The lowest BCUT2D eigenvalue weighted by Crippen LogP contribution is -2.18. The van der Waals surface area contributed by atoms with Crippen molar-refractivity contribution < 1.29 is 27.5 Å². The van der Waals surface area contributed by atoms with E-state index in [-0.39, 0.29) is 17.8 Å². The topological polar surface area (TPSA) is 63.1 Å². The van der Waals surface area contributed by atoms with Crippen molar-refractivity contribution in [1.82, 2.24) is 9.97 Å². The molecule has 4 nitrogen and oxygen atoms in total. The maximum atomic E-state index is 13.4.